The summed E-state index contributed by atoms with van der Waals surface area (Å²) in [5.41, 5.74) is 1.17. The van der Waals surface area contributed by atoms with Gasteiger partial charge in [0, 0.05) is 24.9 Å². The zero-order valence-electron chi connectivity index (χ0n) is 14.3. The highest BCUT2D eigenvalue weighted by Gasteiger charge is 2.39. The molecule has 1 aromatic heterocycles. The van der Waals surface area contributed by atoms with E-state index in [1.807, 2.05) is 11.7 Å². The van der Waals surface area contributed by atoms with Gasteiger partial charge in [-0.3, -0.25) is 9.48 Å². The molecular formula is C19H29N3O. The maximum atomic E-state index is 12.7. The molecule has 4 fully saturated rings. The second-order valence-corrected chi connectivity index (χ2v) is 8.03. The Morgan fingerprint density at radius 3 is 2.52 bits per heavy atom. The van der Waals surface area contributed by atoms with E-state index in [0.29, 0.717) is 11.8 Å². The fourth-order valence-corrected chi connectivity index (χ4v) is 5.12. The van der Waals surface area contributed by atoms with E-state index >= 15 is 0 Å². The predicted molar refractivity (Wildman–Crippen MR) is 91.2 cm³/mol. The number of rotatable bonds is 3. The monoisotopic (exact) mass is 315 g/mol. The molecule has 0 radical (unpaired) electrons. The molecule has 0 saturated heterocycles. The maximum Gasteiger partial charge on any atom is 0.228 e. The number of fused-ring (bicyclic) bond motifs is 3. The van der Waals surface area contributed by atoms with Crippen LogP contribution in [0.5, 0.6) is 0 Å². The number of nitrogens with zero attached hydrogens (tertiary/aromatic N) is 2. The van der Waals surface area contributed by atoms with Gasteiger partial charge in [0.05, 0.1) is 5.69 Å². The van der Waals surface area contributed by atoms with Crippen molar-refractivity contribution in [2.45, 2.75) is 70.1 Å². The molecule has 1 N–H and O–H groups in total. The van der Waals surface area contributed by atoms with Gasteiger partial charge in [-0.25, -0.2) is 0 Å². The van der Waals surface area contributed by atoms with Crippen molar-refractivity contribution in [3.63, 3.8) is 0 Å². The molecule has 1 unspecified atom stereocenters. The van der Waals surface area contributed by atoms with Crippen molar-refractivity contribution >= 4 is 11.7 Å². The van der Waals surface area contributed by atoms with Gasteiger partial charge in [0.25, 0.3) is 0 Å². The number of nitrogens with one attached hydrogen (secondary N) is 1. The van der Waals surface area contributed by atoms with Crippen LogP contribution < -0.4 is 5.32 Å². The lowest BCUT2D eigenvalue weighted by Crippen LogP contribution is -2.39. The van der Waals surface area contributed by atoms with Crippen molar-refractivity contribution in [1.29, 1.82) is 0 Å². The van der Waals surface area contributed by atoms with Crippen LogP contribution in [0.1, 0.15) is 75.8 Å². The average Bonchev–Trinajstić information content (AvgIpc) is 2.97. The molecule has 4 nitrogen and oxygen atoms in total. The topological polar surface area (TPSA) is 46.9 Å². The molecule has 1 amide bonds. The van der Waals surface area contributed by atoms with E-state index in [9.17, 15) is 4.79 Å². The molecule has 4 aliphatic rings. The summed E-state index contributed by atoms with van der Waals surface area (Å²) in [6.45, 7) is 0. The summed E-state index contributed by atoms with van der Waals surface area (Å²) in [5, 5.41) is 7.87. The first kappa shape index (κ1) is 15.2. The number of aromatic nitrogens is 2. The molecule has 1 atom stereocenters. The Labute approximate surface area is 139 Å². The number of hydrogen-bond acceptors (Lipinski definition) is 2. The van der Waals surface area contributed by atoms with Crippen LogP contribution in [-0.2, 0) is 11.8 Å². The van der Waals surface area contributed by atoms with Crippen LogP contribution in [0.25, 0.3) is 0 Å². The molecule has 1 aromatic rings. The quantitative estimate of drug-likeness (QED) is 0.907. The van der Waals surface area contributed by atoms with E-state index in [4.69, 9.17) is 0 Å². The molecule has 4 heteroatoms. The van der Waals surface area contributed by atoms with Gasteiger partial charge in [-0.15, -0.1) is 0 Å². The van der Waals surface area contributed by atoms with Gasteiger partial charge in [-0.2, -0.15) is 5.10 Å². The molecule has 0 aliphatic heterocycles. The molecule has 0 aromatic carbocycles. The number of hydrogen-bond donors (Lipinski definition) is 1. The number of anilines is 1. The third-order valence-electron chi connectivity index (χ3n) is 6.56. The van der Waals surface area contributed by atoms with Gasteiger partial charge < -0.3 is 5.32 Å². The highest BCUT2D eigenvalue weighted by atomic mass is 16.2. The van der Waals surface area contributed by atoms with Crippen LogP contribution in [0.15, 0.2) is 6.07 Å². The van der Waals surface area contributed by atoms with Gasteiger partial charge in [0.15, 0.2) is 0 Å². The molecule has 0 spiro atoms. The van der Waals surface area contributed by atoms with Crippen LogP contribution in [0.4, 0.5) is 5.82 Å². The molecule has 5 rings (SSSR count). The number of amides is 1. The largest absolute Gasteiger partial charge is 0.311 e. The fourth-order valence-electron chi connectivity index (χ4n) is 5.12. The average molecular weight is 315 g/mol. The van der Waals surface area contributed by atoms with Crippen LogP contribution in [0.2, 0.25) is 0 Å². The smallest absolute Gasteiger partial charge is 0.228 e. The van der Waals surface area contributed by atoms with Crippen molar-refractivity contribution in [2.75, 3.05) is 5.32 Å². The summed E-state index contributed by atoms with van der Waals surface area (Å²) >= 11 is 0. The lowest BCUT2D eigenvalue weighted by Gasteiger charge is -2.41. The lowest BCUT2D eigenvalue weighted by molar-refractivity contribution is -0.124. The highest BCUT2D eigenvalue weighted by molar-refractivity contribution is 5.92. The minimum Gasteiger partial charge on any atom is -0.311 e. The SMILES string of the molecule is Cn1nc(C2CCCCC2)cc1NC(=O)C1CC2CCC1CC2. The molecule has 1 heterocycles. The minimum absolute atomic E-state index is 0.232. The first-order chi connectivity index (χ1) is 11.2. The standard InChI is InChI=1S/C19H29N3O/c1-22-18(12-17(21-22)15-5-3-2-4-6-15)20-19(23)16-11-13-7-9-14(16)10-8-13/h12-16H,2-11H2,1H3,(H,20,23). The summed E-state index contributed by atoms with van der Waals surface area (Å²) in [5.74, 6) is 3.35. The predicted octanol–water partition coefficient (Wildman–Crippen LogP) is 4.23. The minimum atomic E-state index is 0.232. The Morgan fingerprint density at radius 1 is 1.13 bits per heavy atom. The van der Waals surface area contributed by atoms with Gasteiger partial charge in [0.1, 0.15) is 5.82 Å². The van der Waals surface area contributed by atoms with Crippen molar-refractivity contribution in [3.8, 4) is 0 Å². The normalized spacial score (nSPS) is 31.3. The van der Waals surface area contributed by atoms with Crippen LogP contribution >= 0.6 is 0 Å². The van der Waals surface area contributed by atoms with Crippen LogP contribution in [0, 0.1) is 17.8 Å². The first-order valence-electron chi connectivity index (χ1n) is 9.55. The summed E-state index contributed by atoms with van der Waals surface area (Å²) in [7, 11) is 1.95. The van der Waals surface area contributed by atoms with E-state index in [2.05, 4.69) is 16.5 Å². The maximum absolute atomic E-state index is 12.7. The molecule has 4 saturated carbocycles. The van der Waals surface area contributed by atoms with Gasteiger partial charge in [0.2, 0.25) is 5.91 Å². The zero-order chi connectivity index (χ0) is 15.8. The lowest BCUT2D eigenvalue weighted by atomic mass is 9.64. The summed E-state index contributed by atoms with van der Waals surface area (Å²) in [6, 6.07) is 2.12. The van der Waals surface area contributed by atoms with E-state index in [1.165, 1.54) is 63.5 Å². The highest BCUT2D eigenvalue weighted by Crippen LogP contribution is 2.45. The van der Waals surface area contributed by atoms with E-state index < -0.39 is 0 Å². The first-order valence-corrected chi connectivity index (χ1v) is 9.55. The molecule has 4 aliphatic carbocycles. The second kappa shape index (κ2) is 6.29. The van der Waals surface area contributed by atoms with Crippen LogP contribution in [-0.4, -0.2) is 15.7 Å². The Morgan fingerprint density at radius 2 is 1.87 bits per heavy atom. The molecule has 126 valence electrons. The Balaban J connectivity index is 1.44. The third kappa shape index (κ3) is 3.05. The Kier molecular flexibility index (Phi) is 4.16. The Bertz CT molecular complexity index is 565. The van der Waals surface area contributed by atoms with Gasteiger partial charge in [-0.1, -0.05) is 32.1 Å². The Hall–Kier alpha value is -1.32. The number of aryl methyl sites for hydroxylation is 1. The van der Waals surface area contributed by atoms with E-state index in [-0.39, 0.29) is 11.8 Å². The third-order valence-corrected chi connectivity index (χ3v) is 6.56. The number of carbonyl (C=O) groups excluding carboxylic acids is 1. The van der Waals surface area contributed by atoms with E-state index in [0.717, 1.165) is 18.2 Å². The number of carbonyl (C=O) groups is 1. The van der Waals surface area contributed by atoms with E-state index in [1.54, 1.807) is 0 Å². The second-order valence-electron chi connectivity index (χ2n) is 8.03. The molecular weight excluding hydrogens is 286 g/mol. The van der Waals surface area contributed by atoms with Gasteiger partial charge >= 0.3 is 0 Å². The molecule has 23 heavy (non-hydrogen) atoms. The summed E-state index contributed by atoms with van der Waals surface area (Å²) in [6.07, 6.45) is 12.8. The zero-order valence-corrected chi connectivity index (χ0v) is 14.3. The summed E-state index contributed by atoms with van der Waals surface area (Å²) < 4.78 is 1.86. The van der Waals surface area contributed by atoms with Crippen molar-refractivity contribution in [2.24, 2.45) is 24.8 Å². The molecule has 2 bridgehead atoms. The van der Waals surface area contributed by atoms with Crippen molar-refractivity contribution in [3.05, 3.63) is 11.8 Å². The fraction of sp³-hybridized carbons (Fsp3) is 0.789. The summed E-state index contributed by atoms with van der Waals surface area (Å²) in [4.78, 5) is 12.7. The van der Waals surface area contributed by atoms with Crippen LogP contribution in [0.3, 0.4) is 0 Å². The van der Waals surface area contributed by atoms with Crippen molar-refractivity contribution in [1.82, 2.24) is 9.78 Å². The van der Waals surface area contributed by atoms with Crippen molar-refractivity contribution < 1.29 is 4.79 Å². The van der Waals surface area contributed by atoms with Gasteiger partial charge in [-0.05, 0) is 43.9 Å².